The molecule has 0 bridgehead atoms. The first-order chi connectivity index (χ1) is 11.8. The Hall–Kier alpha value is -3.26. The van der Waals surface area contributed by atoms with Crippen molar-refractivity contribution in [1.82, 2.24) is 0 Å². The summed E-state index contributed by atoms with van der Waals surface area (Å²) in [6.45, 7) is 0. The number of para-hydroxylation sites is 1. The summed E-state index contributed by atoms with van der Waals surface area (Å²) in [6, 6.07) is 26.8. The van der Waals surface area contributed by atoms with Crippen molar-refractivity contribution < 1.29 is 4.42 Å². The molecule has 0 saturated heterocycles. The largest absolute Gasteiger partial charge is 0.456 e. The normalized spacial score (nSPS) is 11.5. The van der Waals surface area contributed by atoms with E-state index in [0.29, 0.717) is 0 Å². The summed E-state index contributed by atoms with van der Waals surface area (Å²) in [4.78, 5) is 0. The number of hydrogen-bond donors (Lipinski definition) is 1. The highest BCUT2D eigenvalue weighted by Gasteiger charge is 2.15. The van der Waals surface area contributed by atoms with Gasteiger partial charge in [0.25, 0.3) is 0 Å². The van der Waals surface area contributed by atoms with Crippen LogP contribution in [0.5, 0.6) is 0 Å². The standard InChI is InChI=1S/C22H15NO/c23-18-11-12-20-22(17-7-3-4-8-19(17)24-20)21(18)16-10-9-14-5-1-2-6-15(14)13-16/h1-13H,23H2. The van der Waals surface area contributed by atoms with Crippen LogP contribution >= 0.6 is 0 Å². The third-order valence-corrected chi connectivity index (χ3v) is 4.61. The molecular weight excluding hydrogens is 294 g/mol. The van der Waals surface area contributed by atoms with Crippen molar-refractivity contribution >= 4 is 38.4 Å². The molecule has 1 heterocycles. The topological polar surface area (TPSA) is 39.2 Å². The van der Waals surface area contributed by atoms with E-state index in [1.54, 1.807) is 0 Å². The van der Waals surface area contributed by atoms with Crippen molar-refractivity contribution in [3.05, 3.63) is 78.9 Å². The first kappa shape index (κ1) is 13.2. The van der Waals surface area contributed by atoms with Crippen LogP contribution in [0.2, 0.25) is 0 Å². The molecule has 24 heavy (non-hydrogen) atoms. The molecule has 2 N–H and O–H groups in total. The average molecular weight is 309 g/mol. The Labute approximate surface area is 139 Å². The molecule has 114 valence electrons. The molecule has 0 radical (unpaired) electrons. The Morgan fingerprint density at radius 2 is 1.46 bits per heavy atom. The van der Waals surface area contributed by atoms with E-state index in [1.165, 1.54) is 10.8 Å². The molecule has 0 aliphatic carbocycles. The van der Waals surface area contributed by atoms with Crippen LogP contribution in [0.15, 0.2) is 83.3 Å². The molecule has 4 aromatic carbocycles. The summed E-state index contributed by atoms with van der Waals surface area (Å²) in [5, 5.41) is 4.62. The van der Waals surface area contributed by atoms with E-state index in [0.717, 1.165) is 38.8 Å². The summed E-state index contributed by atoms with van der Waals surface area (Å²) < 4.78 is 6.00. The molecule has 0 aliphatic heterocycles. The molecule has 1 aromatic heterocycles. The maximum Gasteiger partial charge on any atom is 0.136 e. The van der Waals surface area contributed by atoms with Crippen LogP contribution < -0.4 is 5.73 Å². The molecule has 0 unspecified atom stereocenters. The number of furan rings is 1. The molecule has 2 heteroatoms. The second-order valence-corrected chi connectivity index (χ2v) is 6.06. The fourth-order valence-corrected chi connectivity index (χ4v) is 3.49. The Kier molecular flexibility index (Phi) is 2.68. The molecule has 0 fully saturated rings. The predicted molar refractivity (Wildman–Crippen MR) is 101 cm³/mol. The number of benzene rings is 4. The Morgan fingerprint density at radius 1 is 0.667 bits per heavy atom. The van der Waals surface area contributed by atoms with Crippen molar-refractivity contribution in [3.63, 3.8) is 0 Å². The van der Waals surface area contributed by atoms with Crippen LogP contribution in [0.25, 0.3) is 43.8 Å². The fraction of sp³-hybridized carbons (Fsp3) is 0. The Balaban J connectivity index is 1.91. The van der Waals surface area contributed by atoms with E-state index in [-0.39, 0.29) is 0 Å². The summed E-state index contributed by atoms with van der Waals surface area (Å²) in [6.07, 6.45) is 0. The van der Waals surface area contributed by atoms with Crippen LogP contribution in [0.1, 0.15) is 0 Å². The highest BCUT2D eigenvalue weighted by atomic mass is 16.3. The maximum atomic E-state index is 6.37. The van der Waals surface area contributed by atoms with Gasteiger partial charge in [0, 0.05) is 22.0 Å². The number of nitrogen functional groups attached to an aromatic ring is 1. The lowest BCUT2D eigenvalue weighted by atomic mass is 9.95. The van der Waals surface area contributed by atoms with E-state index < -0.39 is 0 Å². The van der Waals surface area contributed by atoms with Gasteiger partial charge in [-0.05, 0) is 40.6 Å². The molecule has 0 spiro atoms. The first-order valence-electron chi connectivity index (χ1n) is 8.00. The Bertz CT molecular complexity index is 1220. The molecular formula is C22H15NO. The van der Waals surface area contributed by atoms with Gasteiger partial charge in [-0.1, -0.05) is 54.6 Å². The van der Waals surface area contributed by atoms with Gasteiger partial charge in [-0.25, -0.2) is 0 Å². The molecule has 2 nitrogen and oxygen atoms in total. The van der Waals surface area contributed by atoms with Gasteiger partial charge < -0.3 is 10.2 Å². The van der Waals surface area contributed by atoms with Crippen molar-refractivity contribution in [2.45, 2.75) is 0 Å². The van der Waals surface area contributed by atoms with Crippen LogP contribution in [-0.4, -0.2) is 0 Å². The van der Waals surface area contributed by atoms with E-state index in [2.05, 4.69) is 48.5 Å². The third-order valence-electron chi connectivity index (χ3n) is 4.61. The van der Waals surface area contributed by atoms with Crippen LogP contribution in [0, 0.1) is 0 Å². The van der Waals surface area contributed by atoms with E-state index in [1.807, 2.05) is 30.3 Å². The molecule has 0 aliphatic rings. The number of fused-ring (bicyclic) bond motifs is 4. The number of rotatable bonds is 1. The van der Waals surface area contributed by atoms with Crippen molar-refractivity contribution in [1.29, 1.82) is 0 Å². The van der Waals surface area contributed by atoms with Crippen molar-refractivity contribution in [3.8, 4) is 11.1 Å². The van der Waals surface area contributed by atoms with Gasteiger partial charge in [-0.15, -0.1) is 0 Å². The Morgan fingerprint density at radius 3 is 2.38 bits per heavy atom. The lowest BCUT2D eigenvalue weighted by Gasteiger charge is -2.09. The zero-order valence-corrected chi connectivity index (χ0v) is 13.0. The maximum absolute atomic E-state index is 6.37. The zero-order chi connectivity index (χ0) is 16.1. The fourth-order valence-electron chi connectivity index (χ4n) is 3.49. The van der Waals surface area contributed by atoms with Gasteiger partial charge in [0.15, 0.2) is 0 Å². The number of anilines is 1. The minimum atomic E-state index is 0.768. The molecule has 0 amide bonds. The zero-order valence-electron chi connectivity index (χ0n) is 13.0. The van der Waals surface area contributed by atoms with Crippen LogP contribution in [0.4, 0.5) is 5.69 Å². The summed E-state index contributed by atoms with van der Waals surface area (Å²) in [5.41, 5.74) is 11.1. The average Bonchev–Trinajstić information content (AvgIpc) is 3.00. The van der Waals surface area contributed by atoms with Crippen LogP contribution in [0.3, 0.4) is 0 Å². The number of hydrogen-bond acceptors (Lipinski definition) is 2. The monoisotopic (exact) mass is 309 g/mol. The highest BCUT2D eigenvalue weighted by Crippen LogP contribution is 2.40. The van der Waals surface area contributed by atoms with Gasteiger partial charge in [0.05, 0.1) is 0 Å². The minimum absolute atomic E-state index is 0.768. The lowest BCUT2D eigenvalue weighted by Crippen LogP contribution is -1.91. The first-order valence-corrected chi connectivity index (χ1v) is 8.00. The van der Waals surface area contributed by atoms with E-state index >= 15 is 0 Å². The predicted octanol–water partition coefficient (Wildman–Crippen LogP) is 5.99. The molecule has 5 rings (SSSR count). The van der Waals surface area contributed by atoms with Crippen molar-refractivity contribution in [2.24, 2.45) is 0 Å². The van der Waals surface area contributed by atoms with Crippen molar-refractivity contribution in [2.75, 3.05) is 5.73 Å². The van der Waals surface area contributed by atoms with Gasteiger partial charge in [0.1, 0.15) is 11.2 Å². The summed E-state index contributed by atoms with van der Waals surface area (Å²) >= 11 is 0. The lowest BCUT2D eigenvalue weighted by molar-refractivity contribution is 0.669. The van der Waals surface area contributed by atoms with Gasteiger partial charge in [0.2, 0.25) is 0 Å². The SMILES string of the molecule is Nc1ccc2oc3ccccc3c2c1-c1ccc2ccccc2c1. The van der Waals surface area contributed by atoms with Gasteiger partial charge in [-0.2, -0.15) is 0 Å². The van der Waals surface area contributed by atoms with E-state index in [9.17, 15) is 0 Å². The number of nitrogens with two attached hydrogens (primary N) is 1. The third kappa shape index (κ3) is 1.83. The second-order valence-electron chi connectivity index (χ2n) is 6.06. The smallest absolute Gasteiger partial charge is 0.136 e. The quantitative estimate of drug-likeness (QED) is 0.386. The van der Waals surface area contributed by atoms with Gasteiger partial charge in [-0.3, -0.25) is 0 Å². The summed E-state index contributed by atoms with van der Waals surface area (Å²) in [7, 11) is 0. The van der Waals surface area contributed by atoms with E-state index in [4.69, 9.17) is 10.2 Å². The molecule has 0 atom stereocenters. The molecule has 0 saturated carbocycles. The highest BCUT2D eigenvalue weighted by molar-refractivity contribution is 6.15. The second kappa shape index (κ2) is 4.87. The minimum Gasteiger partial charge on any atom is -0.456 e. The van der Waals surface area contributed by atoms with Gasteiger partial charge >= 0.3 is 0 Å². The summed E-state index contributed by atoms with van der Waals surface area (Å²) in [5.74, 6) is 0. The molecule has 5 aromatic rings. The van der Waals surface area contributed by atoms with Crippen LogP contribution in [-0.2, 0) is 0 Å².